The van der Waals surface area contributed by atoms with Gasteiger partial charge >= 0.3 is 7.60 Å². The van der Waals surface area contributed by atoms with E-state index < -0.39 is 50.8 Å². The molecule has 1 saturated heterocycles. The quantitative estimate of drug-likeness (QED) is 0.369. The summed E-state index contributed by atoms with van der Waals surface area (Å²) in [5, 5.41) is 22.8. The van der Waals surface area contributed by atoms with Gasteiger partial charge in [-0.15, -0.1) is 0 Å². The number of fused-ring (bicyclic) bond motifs is 1. The maximum atomic E-state index is 11.6. The molecule has 1 aliphatic heterocycles. The van der Waals surface area contributed by atoms with Crippen molar-refractivity contribution in [3.8, 4) is 0 Å². The van der Waals surface area contributed by atoms with Crippen LogP contribution in [-0.4, -0.2) is 83.2 Å². The van der Waals surface area contributed by atoms with E-state index in [1.807, 2.05) is 13.8 Å². The largest absolute Gasteiger partial charge is 0.394 e. The molecule has 2 aliphatic carbocycles. The fourth-order valence-corrected chi connectivity index (χ4v) is 4.75. The monoisotopic (exact) mass is 423 g/mol. The summed E-state index contributed by atoms with van der Waals surface area (Å²) in [6, 6.07) is -1.02. The van der Waals surface area contributed by atoms with Crippen molar-refractivity contribution >= 4 is 13.5 Å². The zero-order valence-corrected chi connectivity index (χ0v) is 17.4. The number of carbonyl (C=O) groups is 1. The Morgan fingerprint density at radius 2 is 2.04 bits per heavy atom. The molecule has 11 heteroatoms. The molecule has 3 aliphatic rings. The molecule has 0 bridgehead atoms. The van der Waals surface area contributed by atoms with Crippen molar-refractivity contribution in [3.63, 3.8) is 0 Å². The maximum absolute atomic E-state index is 11.6. The van der Waals surface area contributed by atoms with E-state index >= 15 is 0 Å². The first-order chi connectivity index (χ1) is 12.9. The highest BCUT2D eigenvalue weighted by Gasteiger charge is 2.85. The Morgan fingerprint density at radius 1 is 1.39 bits per heavy atom. The Morgan fingerprint density at radius 3 is 2.54 bits per heavy atom. The molecule has 0 aromatic carbocycles. The number of nitrogens with one attached hydrogen (secondary N) is 1. The average molecular weight is 423 g/mol. The van der Waals surface area contributed by atoms with E-state index in [2.05, 4.69) is 5.32 Å². The Bertz CT molecular complexity index is 645. The molecule has 3 fully saturated rings. The summed E-state index contributed by atoms with van der Waals surface area (Å²) in [5.74, 6) is -0.431. The van der Waals surface area contributed by atoms with Gasteiger partial charge in [0.15, 0.2) is 6.29 Å². The van der Waals surface area contributed by atoms with Crippen LogP contribution in [-0.2, 0) is 28.1 Å². The van der Waals surface area contributed by atoms with E-state index in [0.717, 1.165) is 19.5 Å². The SMILES string of the molecule is CC(=O)NC1C(OCC23CC2(OC(C)C)C3)OC(CO)C(OP(C)(=O)O)C1O. The van der Waals surface area contributed by atoms with Crippen molar-refractivity contribution in [2.75, 3.05) is 19.9 Å². The zero-order valence-electron chi connectivity index (χ0n) is 16.5. The lowest BCUT2D eigenvalue weighted by Crippen LogP contribution is -2.65. The van der Waals surface area contributed by atoms with Crippen molar-refractivity contribution in [1.82, 2.24) is 5.32 Å². The van der Waals surface area contributed by atoms with Gasteiger partial charge in [0.2, 0.25) is 5.91 Å². The molecular formula is C17H30NO9P. The van der Waals surface area contributed by atoms with Crippen LogP contribution in [0.2, 0.25) is 0 Å². The van der Waals surface area contributed by atoms with Gasteiger partial charge in [-0.05, 0) is 26.7 Å². The van der Waals surface area contributed by atoms with Gasteiger partial charge in [-0.2, -0.15) is 0 Å². The minimum Gasteiger partial charge on any atom is -0.394 e. The van der Waals surface area contributed by atoms with Crippen LogP contribution in [0.15, 0.2) is 0 Å². The van der Waals surface area contributed by atoms with Crippen molar-refractivity contribution in [1.29, 1.82) is 0 Å². The number of ether oxygens (including phenoxy) is 3. The summed E-state index contributed by atoms with van der Waals surface area (Å²) in [6.45, 7) is 5.96. The standard InChI is InChI=1S/C17H30NO9P/c1-9(2)26-17-6-16(17,7-17)8-24-15-12(18-10(3)20)13(21)14(11(5-19)25-15)27-28(4,22)23/h9,11-15,19,21H,5-8H2,1-4H3,(H,18,20)(H,22,23). The van der Waals surface area contributed by atoms with Gasteiger partial charge in [-0.25, -0.2) is 0 Å². The number of aliphatic hydroxyl groups is 2. The summed E-state index contributed by atoms with van der Waals surface area (Å²) in [7, 11) is -3.97. The van der Waals surface area contributed by atoms with E-state index in [1.54, 1.807) is 0 Å². The Labute approximate surface area is 164 Å². The van der Waals surface area contributed by atoms with Crippen LogP contribution in [0.25, 0.3) is 0 Å². The van der Waals surface area contributed by atoms with Crippen molar-refractivity contribution in [2.24, 2.45) is 5.41 Å². The number of carbonyl (C=O) groups excluding carboxylic acids is 1. The Hall–Kier alpha value is -0.580. The molecule has 0 radical (unpaired) electrons. The summed E-state index contributed by atoms with van der Waals surface area (Å²) >= 11 is 0. The van der Waals surface area contributed by atoms with Crippen LogP contribution >= 0.6 is 7.60 Å². The van der Waals surface area contributed by atoms with Crippen LogP contribution in [0.4, 0.5) is 0 Å². The molecular weight excluding hydrogens is 393 g/mol. The first-order valence-electron chi connectivity index (χ1n) is 9.41. The molecule has 1 amide bonds. The van der Waals surface area contributed by atoms with Gasteiger partial charge in [0.05, 0.1) is 24.9 Å². The molecule has 162 valence electrons. The lowest BCUT2D eigenvalue weighted by atomic mass is 9.97. The van der Waals surface area contributed by atoms with Crippen molar-refractivity contribution < 1.29 is 43.2 Å². The minimum absolute atomic E-state index is 0.0708. The van der Waals surface area contributed by atoms with E-state index in [1.165, 1.54) is 6.92 Å². The van der Waals surface area contributed by atoms with E-state index in [4.69, 9.17) is 18.7 Å². The number of aliphatic hydroxyl groups excluding tert-OH is 2. The fourth-order valence-electron chi connectivity index (χ4n) is 4.04. The second-order valence-electron chi connectivity index (χ2n) is 8.42. The molecule has 1 heterocycles. The Balaban J connectivity index is 1.67. The first kappa shape index (κ1) is 22.1. The second kappa shape index (κ2) is 7.59. The summed E-state index contributed by atoms with van der Waals surface area (Å²) in [5.41, 5.74) is -0.218. The van der Waals surface area contributed by atoms with Gasteiger partial charge in [0.1, 0.15) is 24.4 Å². The molecule has 6 atom stereocenters. The van der Waals surface area contributed by atoms with Crippen LogP contribution in [0.3, 0.4) is 0 Å². The van der Waals surface area contributed by atoms with Crippen molar-refractivity contribution in [2.45, 2.75) is 76.0 Å². The predicted molar refractivity (Wildman–Crippen MR) is 96.6 cm³/mol. The highest BCUT2D eigenvalue weighted by Crippen LogP contribution is 2.81. The highest BCUT2D eigenvalue weighted by atomic mass is 31.2. The predicted octanol–water partition coefficient (Wildman–Crippen LogP) is -0.256. The highest BCUT2D eigenvalue weighted by molar-refractivity contribution is 7.51. The lowest BCUT2D eigenvalue weighted by Gasteiger charge is -2.44. The third-order valence-corrected chi connectivity index (χ3v) is 6.12. The van der Waals surface area contributed by atoms with Crippen LogP contribution in [0.5, 0.6) is 0 Å². The van der Waals surface area contributed by atoms with Gasteiger partial charge < -0.3 is 34.6 Å². The fraction of sp³-hybridized carbons (Fsp3) is 0.941. The summed E-state index contributed by atoms with van der Waals surface area (Å²) in [6.07, 6.45) is -2.95. The van der Waals surface area contributed by atoms with Crippen molar-refractivity contribution in [3.05, 3.63) is 0 Å². The molecule has 3 rings (SSSR count). The molecule has 4 N–H and O–H groups in total. The molecule has 2 saturated carbocycles. The lowest BCUT2D eigenvalue weighted by molar-refractivity contribution is -0.268. The van der Waals surface area contributed by atoms with E-state index in [9.17, 15) is 24.5 Å². The van der Waals surface area contributed by atoms with Crippen LogP contribution < -0.4 is 5.32 Å². The van der Waals surface area contributed by atoms with E-state index in [-0.39, 0.29) is 17.1 Å². The second-order valence-corrected chi connectivity index (χ2v) is 10.2. The molecule has 0 spiro atoms. The summed E-state index contributed by atoms with van der Waals surface area (Å²) in [4.78, 5) is 21.1. The number of rotatable bonds is 9. The molecule has 6 unspecified atom stereocenters. The maximum Gasteiger partial charge on any atom is 0.325 e. The number of amides is 1. The molecule has 10 nitrogen and oxygen atoms in total. The smallest absolute Gasteiger partial charge is 0.325 e. The van der Waals surface area contributed by atoms with Crippen LogP contribution in [0, 0.1) is 5.41 Å². The van der Waals surface area contributed by atoms with Gasteiger partial charge in [-0.3, -0.25) is 13.9 Å². The molecule has 0 aromatic rings. The Kier molecular flexibility index (Phi) is 6.00. The van der Waals surface area contributed by atoms with Gasteiger partial charge in [0, 0.05) is 19.0 Å². The number of hydrogen-bond acceptors (Lipinski definition) is 8. The van der Waals surface area contributed by atoms with Gasteiger partial charge in [-0.1, -0.05) is 0 Å². The number of hydrogen-bond donors (Lipinski definition) is 4. The third kappa shape index (κ3) is 4.44. The van der Waals surface area contributed by atoms with Gasteiger partial charge in [0.25, 0.3) is 0 Å². The van der Waals surface area contributed by atoms with E-state index in [0.29, 0.717) is 6.61 Å². The molecule has 28 heavy (non-hydrogen) atoms. The average Bonchev–Trinajstić information content (AvgIpc) is 3.34. The summed E-state index contributed by atoms with van der Waals surface area (Å²) < 4.78 is 34.2. The third-order valence-electron chi connectivity index (χ3n) is 5.49. The zero-order chi connectivity index (χ0) is 20.9. The first-order valence-corrected chi connectivity index (χ1v) is 11.4. The topological polar surface area (TPSA) is 144 Å². The normalized spacial score (nSPS) is 43.9. The van der Waals surface area contributed by atoms with Crippen LogP contribution in [0.1, 0.15) is 33.6 Å². The minimum atomic E-state index is -3.97. The molecule has 0 aromatic heterocycles.